The van der Waals surface area contributed by atoms with E-state index in [1.807, 2.05) is 0 Å². The van der Waals surface area contributed by atoms with Crippen LogP contribution in [0.4, 0.5) is 13.2 Å². The van der Waals surface area contributed by atoms with Crippen LogP contribution in [0.25, 0.3) is 0 Å². The molecule has 2 aromatic rings. The second-order valence-corrected chi connectivity index (χ2v) is 6.83. The number of carbonyl (C=O) groups is 1. The topological polar surface area (TPSA) is 76.2 Å². The Bertz CT molecular complexity index is 852. The van der Waals surface area contributed by atoms with Crippen molar-refractivity contribution >= 4 is 15.8 Å². The summed E-state index contributed by atoms with van der Waals surface area (Å²) < 4.78 is 69.7. The van der Waals surface area contributed by atoms with Gasteiger partial charge in [-0.1, -0.05) is 17.7 Å². The number of sulfone groups is 1. The molecule has 0 radical (unpaired) electrons. The average molecular weight is 361 g/mol. The van der Waals surface area contributed by atoms with Crippen LogP contribution in [0.2, 0.25) is 0 Å². The van der Waals surface area contributed by atoms with Gasteiger partial charge >= 0.3 is 12.1 Å². The lowest BCUT2D eigenvalue weighted by Crippen LogP contribution is -2.17. The standard InChI is InChI=1S/C15H14F3NO4S/c1-3-23-14(20)11-8-19-13(12(11)15(16,17)18)24(21,22)10-6-4-9(2)5-7-10/h4-8,19H,3H2,1-2H3. The van der Waals surface area contributed by atoms with E-state index in [4.69, 9.17) is 0 Å². The molecule has 0 aliphatic rings. The lowest BCUT2D eigenvalue weighted by atomic mass is 10.2. The van der Waals surface area contributed by atoms with E-state index in [9.17, 15) is 26.4 Å². The largest absolute Gasteiger partial charge is 0.462 e. The van der Waals surface area contributed by atoms with Crippen molar-refractivity contribution in [3.63, 3.8) is 0 Å². The zero-order valence-corrected chi connectivity index (χ0v) is 13.6. The number of nitrogens with one attached hydrogen (secondary N) is 1. The van der Waals surface area contributed by atoms with Crippen molar-refractivity contribution in [2.75, 3.05) is 6.61 Å². The molecule has 24 heavy (non-hydrogen) atoms. The van der Waals surface area contributed by atoms with E-state index in [0.29, 0.717) is 6.20 Å². The number of esters is 1. The van der Waals surface area contributed by atoms with Gasteiger partial charge in [-0.25, -0.2) is 13.2 Å². The predicted octanol–water partition coefficient (Wildman–Crippen LogP) is 3.35. The Morgan fingerprint density at radius 2 is 1.79 bits per heavy atom. The van der Waals surface area contributed by atoms with Gasteiger partial charge in [0.15, 0.2) is 5.03 Å². The molecule has 130 valence electrons. The second-order valence-electron chi connectivity index (χ2n) is 4.94. The normalized spacial score (nSPS) is 12.2. The molecule has 2 rings (SSSR count). The van der Waals surface area contributed by atoms with Crippen LogP contribution in [0.3, 0.4) is 0 Å². The Morgan fingerprint density at radius 3 is 2.29 bits per heavy atom. The minimum absolute atomic E-state index is 0.138. The molecule has 5 nitrogen and oxygen atoms in total. The smallest absolute Gasteiger partial charge is 0.420 e. The van der Waals surface area contributed by atoms with Gasteiger partial charge in [-0.2, -0.15) is 13.2 Å². The molecule has 1 heterocycles. The van der Waals surface area contributed by atoms with Gasteiger partial charge in [0, 0.05) is 6.20 Å². The molecule has 0 saturated heterocycles. The highest BCUT2D eigenvalue weighted by Gasteiger charge is 2.43. The van der Waals surface area contributed by atoms with Gasteiger partial charge in [-0.3, -0.25) is 0 Å². The highest BCUT2D eigenvalue weighted by Crippen LogP contribution is 2.38. The number of hydrogen-bond acceptors (Lipinski definition) is 4. The van der Waals surface area contributed by atoms with Crippen LogP contribution >= 0.6 is 0 Å². The SMILES string of the molecule is CCOC(=O)c1c[nH]c(S(=O)(=O)c2ccc(C)cc2)c1C(F)(F)F. The van der Waals surface area contributed by atoms with Crippen LogP contribution < -0.4 is 0 Å². The minimum atomic E-state index is -5.05. The van der Waals surface area contributed by atoms with Gasteiger partial charge in [-0.15, -0.1) is 0 Å². The Morgan fingerprint density at radius 1 is 1.21 bits per heavy atom. The van der Waals surface area contributed by atoms with Gasteiger partial charge in [0.05, 0.1) is 17.1 Å². The van der Waals surface area contributed by atoms with Crippen LogP contribution in [0, 0.1) is 6.92 Å². The third-order valence-corrected chi connectivity index (χ3v) is 4.98. The summed E-state index contributed by atoms with van der Waals surface area (Å²) in [4.78, 5) is 13.5. The molecular formula is C15H14F3NO4S. The van der Waals surface area contributed by atoms with Crippen molar-refractivity contribution in [2.24, 2.45) is 0 Å². The van der Waals surface area contributed by atoms with Crippen molar-refractivity contribution < 1.29 is 31.1 Å². The summed E-state index contributed by atoms with van der Waals surface area (Å²) in [6, 6.07) is 5.34. The van der Waals surface area contributed by atoms with Crippen molar-refractivity contribution in [3.8, 4) is 0 Å². The average Bonchev–Trinajstić information content (AvgIpc) is 2.94. The number of carbonyl (C=O) groups excluding carboxylic acids is 1. The van der Waals surface area contributed by atoms with Gasteiger partial charge < -0.3 is 9.72 Å². The number of aryl methyl sites for hydroxylation is 1. The zero-order valence-electron chi connectivity index (χ0n) is 12.8. The molecule has 0 unspecified atom stereocenters. The molecule has 0 bridgehead atoms. The molecule has 1 aromatic heterocycles. The van der Waals surface area contributed by atoms with Crippen LogP contribution in [0.15, 0.2) is 40.4 Å². The zero-order chi connectivity index (χ0) is 18.1. The number of halogens is 3. The third-order valence-electron chi connectivity index (χ3n) is 3.22. The Labute approximate surface area is 136 Å². The monoisotopic (exact) mass is 361 g/mol. The first-order chi connectivity index (χ1) is 11.1. The van der Waals surface area contributed by atoms with Crippen LogP contribution in [0.1, 0.15) is 28.4 Å². The van der Waals surface area contributed by atoms with Crippen molar-refractivity contribution in [1.29, 1.82) is 0 Å². The Kier molecular flexibility index (Phi) is 4.75. The summed E-state index contributed by atoms with van der Waals surface area (Å²) in [6.45, 7) is 3.01. The maximum absolute atomic E-state index is 13.4. The number of rotatable bonds is 4. The first-order valence-electron chi connectivity index (χ1n) is 6.86. The number of H-pyrrole nitrogens is 1. The first-order valence-corrected chi connectivity index (χ1v) is 8.34. The maximum Gasteiger partial charge on any atom is 0.420 e. The van der Waals surface area contributed by atoms with E-state index in [1.54, 1.807) is 6.92 Å². The van der Waals surface area contributed by atoms with E-state index in [0.717, 1.165) is 5.56 Å². The highest BCUT2D eigenvalue weighted by molar-refractivity contribution is 7.91. The lowest BCUT2D eigenvalue weighted by Gasteiger charge is -2.11. The fourth-order valence-corrected chi connectivity index (χ4v) is 3.54. The van der Waals surface area contributed by atoms with Gasteiger partial charge in [-0.05, 0) is 26.0 Å². The number of hydrogen-bond donors (Lipinski definition) is 1. The fourth-order valence-electron chi connectivity index (χ4n) is 2.10. The number of ether oxygens (including phenoxy) is 1. The molecule has 0 saturated carbocycles. The number of alkyl halides is 3. The van der Waals surface area contributed by atoms with Crippen LogP contribution in [-0.4, -0.2) is 26.0 Å². The number of aromatic amines is 1. The Hall–Kier alpha value is -2.29. The van der Waals surface area contributed by atoms with E-state index >= 15 is 0 Å². The van der Waals surface area contributed by atoms with Gasteiger partial charge in [0.2, 0.25) is 9.84 Å². The van der Waals surface area contributed by atoms with Gasteiger partial charge in [0.1, 0.15) is 5.56 Å². The summed E-state index contributed by atoms with van der Waals surface area (Å²) in [5, 5.41) is -1.08. The second kappa shape index (κ2) is 6.31. The van der Waals surface area contributed by atoms with E-state index in [2.05, 4.69) is 9.72 Å². The van der Waals surface area contributed by atoms with Crippen LogP contribution in [0.5, 0.6) is 0 Å². The highest BCUT2D eigenvalue weighted by atomic mass is 32.2. The molecule has 1 aromatic carbocycles. The summed E-state index contributed by atoms with van der Waals surface area (Å²) in [5.74, 6) is -1.24. The molecule has 0 atom stereocenters. The molecule has 0 fully saturated rings. The summed E-state index contributed by atoms with van der Waals surface area (Å²) in [5.41, 5.74) is -1.67. The molecule has 0 aliphatic heterocycles. The maximum atomic E-state index is 13.4. The minimum Gasteiger partial charge on any atom is -0.462 e. The fraction of sp³-hybridized carbons (Fsp3) is 0.267. The van der Waals surface area contributed by atoms with E-state index in [-0.39, 0.29) is 11.5 Å². The number of aromatic nitrogens is 1. The van der Waals surface area contributed by atoms with E-state index in [1.165, 1.54) is 31.2 Å². The Balaban J connectivity index is 2.66. The molecule has 0 aliphatic carbocycles. The van der Waals surface area contributed by atoms with Gasteiger partial charge in [0.25, 0.3) is 0 Å². The van der Waals surface area contributed by atoms with E-state index < -0.39 is 38.1 Å². The first kappa shape index (κ1) is 18.1. The molecular weight excluding hydrogens is 347 g/mol. The van der Waals surface area contributed by atoms with Crippen molar-refractivity contribution in [3.05, 3.63) is 47.2 Å². The van der Waals surface area contributed by atoms with Crippen molar-refractivity contribution in [1.82, 2.24) is 4.98 Å². The molecule has 1 N–H and O–H groups in total. The molecule has 0 amide bonds. The third kappa shape index (κ3) is 3.30. The van der Waals surface area contributed by atoms with Crippen LogP contribution in [-0.2, 0) is 20.8 Å². The molecule has 9 heteroatoms. The summed E-state index contributed by atoms with van der Waals surface area (Å²) >= 11 is 0. The summed E-state index contributed by atoms with van der Waals surface area (Å²) in [6.07, 6.45) is -4.35. The predicted molar refractivity (Wildman–Crippen MR) is 78.4 cm³/mol. The summed E-state index contributed by atoms with van der Waals surface area (Å²) in [7, 11) is -4.48. The van der Waals surface area contributed by atoms with Crippen molar-refractivity contribution in [2.45, 2.75) is 29.9 Å². The number of benzene rings is 1. The quantitative estimate of drug-likeness (QED) is 0.848. The molecule has 0 spiro atoms. The lowest BCUT2D eigenvalue weighted by molar-refractivity contribution is -0.140.